The lowest BCUT2D eigenvalue weighted by atomic mass is 10.2. The van der Waals surface area contributed by atoms with E-state index in [0.29, 0.717) is 35.3 Å². The second-order valence-corrected chi connectivity index (χ2v) is 5.10. The summed E-state index contributed by atoms with van der Waals surface area (Å²) in [6.45, 7) is 2.59. The Morgan fingerprint density at radius 1 is 1.04 bits per heavy atom. The highest BCUT2D eigenvalue weighted by molar-refractivity contribution is 5.92. The zero-order chi connectivity index (χ0) is 18.2. The molecular weight excluding hydrogens is 324 g/mol. The summed E-state index contributed by atoms with van der Waals surface area (Å²) in [6.07, 6.45) is 0.861. The van der Waals surface area contributed by atoms with E-state index in [4.69, 9.17) is 14.2 Å². The highest BCUT2D eigenvalue weighted by atomic mass is 16.5. The summed E-state index contributed by atoms with van der Waals surface area (Å²) in [6, 6.07) is 6.80. The number of hydrogen-bond donors (Lipinski definition) is 2. The fourth-order valence-corrected chi connectivity index (χ4v) is 2.15. The number of benzene rings is 1. The molecule has 0 aliphatic heterocycles. The molecule has 0 fully saturated rings. The van der Waals surface area contributed by atoms with Gasteiger partial charge in [0.15, 0.2) is 23.0 Å². The van der Waals surface area contributed by atoms with Gasteiger partial charge in [0.05, 0.1) is 21.3 Å². The minimum absolute atomic E-state index is 0.242. The molecule has 134 valence electrons. The Hall–Kier alpha value is -3.03. The molecule has 0 atom stereocenters. The van der Waals surface area contributed by atoms with E-state index in [-0.39, 0.29) is 11.6 Å². The van der Waals surface area contributed by atoms with Crippen LogP contribution in [0.1, 0.15) is 23.8 Å². The van der Waals surface area contributed by atoms with Crippen molar-refractivity contribution < 1.29 is 19.0 Å². The number of rotatable bonds is 8. The molecule has 0 spiro atoms. The normalized spacial score (nSPS) is 10.1. The molecule has 1 aromatic heterocycles. The van der Waals surface area contributed by atoms with Crippen molar-refractivity contribution in [2.75, 3.05) is 33.2 Å². The number of carbonyl (C=O) groups is 1. The zero-order valence-corrected chi connectivity index (χ0v) is 14.8. The zero-order valence-electron chi connectivity index (χ0n) is 14.8. The van der Waals surface area contributed by atoms with Gasteiger partial charge in [-0.2, -0.15) is 0 Å². The molecule has 8 heteroatoms. The molecule has 0 radical (unpaired) electrons. The van der Waals surface area contributed by atoms with E-state index in [1.54, 1.807) is 45.6 Å². The second kappa shape index (κ2) is 8.72. The smallest absolute Gasteiger partial charge is 0.271 e. The van der Waals surface area contributed by atoms with Gasteiger partial charge in [0, 0.05) is 24.4 Å². The van der Waals surface area contributed by atoms with Crippen LogP contribution in [0.2, 0.25) is 0 Å². The standard InChI is InChI=1S/C17H22N4O4/c1-5-8-18-17(22)12-6-7-15(21-20-12)19-11-9-13(23-2)16(25-4)14(10-11)24-3/h6-7,9-10H,5,8H2,1-4H3,(H,18,22)(H,19,21). The number of methoxy groups -OCH3 is 3. The van der Waals surface area contributed by atoms with E-state index < -0.39 is 0 Å². The van der Waals surface area contributed by atoms with Gasteiger partial charge in [-0.15, -0.1) is 10.2 Å². The van der Waals surface area contributed by atoms with Crippen LogP contribution in [-0.4, -0.2) is 44.0 Å². The molecule has 0 saturated carbocycles. The number of hydrogen-bond acceptors (Lipinski definition) is 7. The highest BCUT2D eigenvalue weighted by Gasteiger charge is 2.14. The van der Waals surface area contributed by atoms with Crippen LogP contribution in [0.25, 0.3) is 0 Å². The molecule has 2 aromatic rings. The third kappa shape index (κ3) is 4.50. The quantitative estimate of drug-likeness (QED) is 0.758. The van der Waals surface area contributed by atoms with Crippen molar-refractivity contribution in [2.45, 2.75) is 13.3 Å². The third-order valence-electron chi connectivity index (χ3n) is 3.37. The van der Waals surface area contributed by atoms with Crippen molar-refractivity contribution in [3.05, 3.63) is 30.0 Å². The average molecular weight is 346 g/mol. The molecule has 0 saturated heterocycles. The van der Waals surface area contributed by atoms with E-state index in [2.05, 4.69) is 20.8 Å². The maximum atomic E-state index is 11.8. The van der Waals surface area contributed by atoms with Crippen LogP contribution < -0.4 is 24.8 Å². The average Bonchev–Trinajstić information content (AvgIpc) is 2.65. The van der Waals surface area contributed by atoms with Crippen LogP contribution in [0.15, 0.2) is 24.3 Å². The Morgan fingerprint density at radius 3 is 2.20 bits per heavy atom. The highest BCUT2D eigenvalue weighted by Crippen LogP contribution is 2.40. The summed E-state index contributed by atoms with van der Waals surface area (Å²) in [5, 5.41) is 13.8. The van der Waals surface area contributed by atoms with Gasteiger partial charge in [-0.1, -0.05) is 6.92 Å². The van der Waals surface area contributed by atoms with Gasteiger partial charge >= 0.3 is 0 Å². The molecule has 8 nitrogen and oxygen atoms in total. The van der Waals surface area contributed by atoms with Crippen molar-refractivity contribution in [1.29, 1.82) is 0 Å². The number of aromatic nitrogens is 2. The lowest BCUT2D eigenvalue weighted by Gasteiger charge is -2.14. The van der Waals surface area contributed by atoms with E-state index in [1.807, 2.05) is 6.92 Å². The van der Waals surface area contributed by atoms with E-state index in [1.165, 1.54) is 0 Å². The number of ether oxygens (including phenoxy) is 3. The monoisotopic (exact) mass is 346 g/mol. The molecule has 25 heavy (non-hydrogen) atoms. The minimum atomic E-state index is -0.242. The Labute approximate surface area is 146 Å². The SMILES string of the molecule is CCCNC(=O)c1ccc(Nc2cc(OC)c(OC)c(OC)c2)nn1. The number of nitrogens with one attached hydrogen (secondary N) is 2. The largest absolute Gasteiger partial charge is 0.493 e. The lowest BCUT2D eigenvalue weighted by Crippen LogP contribution is -2.25. The summed E-state index contributed by atoms with van der Waals surface area (Å²) < 4.78 is 15.9. The van der Waals surface area contributed by atoms with Crippen molar-refractivity contribution in [1.82, 2.24) is 15.5 Å². The number of carbonyl (C=O) groups excluding carboxylic acids is 1. The maximum Gasteiger partial charge on any atom is 0.271 e. The first kappa shape index (κ1) is 18.3. The van der Waals surface area contributed by atoms with Crippen LogP contribution in [-0.2, 0) is 0 Å². The Morgan fingerprint density at radius 2 is 1.72 bits per heavy atom. The Kier molecular flexibility index (Phi) is 6.39. The molecule has 0 unspecified atom stereocenters. The molecule has 2 N–H and O–H groups in total. The van der Waals surface area contributed by atoms with Gasteiger partial charge in [-0.05, 0) is 18.6 Å². The van der Waals surface area contributed by atoms with Gasteiger partial charge in [0.25, 0.3) is 5.91 Å². The van der Waals surface area contributed by atoms with Crippen LogP contribution in [0.4, 0.5) is 11.5 Å². The Bertz CT molecular complexity index is 694. The first-order chi connectivity index (χ1) is 12.1. The van der Waals surface area contributed by atoms with Crippen molar-refractivity contribution >= 4 is 17.4 Å². The molecule has 1 amide bonds. The summed E-state index contributed by atoms with van der Waals surface area (Å²) in [5.74, 6) is 1.79. The fraction of sp³-hybridized carbons (Fsp3) is 0.353. The van der Waals surface area contributed by atoms with Gasteiger partial charge in [0.2, 0.25) is 5.75 Å². The Balaban J connectivity index is 2.18. The van der Waals surface area contributed by atoms with Crippen LogP contribution in [0.3, 0.4) is 0 Å². The first-order valence-electron chi connectivity index (χ1n) is 7.81. The maximum absolute atomic E-state index is 11.8. The van der Waals surface area contributed by atoms with Gasteiger partial charge in [-0.3, -0.25) is 4.79 Å². The number of anilines is 2. The van der Waals surface area contributed by atoms with E-state index >= 15 is 0 Å². The van der Waals surface area contributed by atoms with Crippen LogP contribution >= 0.6 is 0 Å². The molecule has 0 bridgehead atoms. The molecule has 1 aromatic carbocycles. The summed E-state index contributed by atoms with van der Waals surface area (Å²) in [4.78, 5) is 11.8. The number of nitrogens with zero attached hydrogens (tertiary/aromatic N) is 2. The summed E-state index contributed by atoms with van der Waals surface area (Å²) in [7, 11) is 4.64. The van der Waals surface area contributed by atoms with E-state index in [9.17, 15) is 4.79 Å². The minimum Gasteiger partial charge on any atom is -0.493 e. The van der Waals surface area contributed by atoms with Crippen molar-refractivity contribution in [3.63, 3.8) is 0 Å². The van der Waals surface area contributed by atoms with Crippen molar-refractivity contribution in [3.8, 4) is 17.2 Å². The fourth-order valence-electron chi connectivity index (χ4n) is 2.15. The molecule has 0 aliphatic carbocycles. The van der Waals surface area contributed by atoms with Crippen molar-refractivity contribution in [2.24, 2.45) is 0 Å². The lowest BCUT2D eigenvalue weighted by molar-refractivity contribution is 0.0947. The van der Waals surface area contributed by atoms with Gasteiger partial charge < -0.3 is 24.8 Å². The number of amides is 1. The second-order valence-electron chi connectivity index (χ2n) is 5.10. The summed E-state index contributed by atoms with van der Waals surface area (Å²) >= 11 is 0. The molecule has 1 heterocycles. The van der Waals surface area contributed by atoms with E-state index in [0.717, 1.165) is 6.42 Å². The topological polar surface area (TPSA) is 94.6 Å². The van der Waals surface area contributed by atoms with Gasteiger partial charge in [0.1, 0.15) is 0 Å². The third-order valence-corrected chi connectivity index (χ3v) is 3.37. The van der Waals surface area contributed by atoms with Crippen LogP contribution in [0, 0.1) is 0 Å². The molecule has 0 aliphatic rings. The predicted molar refractivity (Wildman–Crippen MR) is 94.0 cm³/mol. The first-order valence-corrected chi connectivity index (χ1v) is 7.81. The van der Waals surface area contributed by atoms with Crippen LogP contribution in [0.5, 0.6) is 17.2 Å². The molecule has 2 rings (SSSR count). The predicted octanol–water partition coefficient (Wildman–Crippen LogP) is 2.39. The van der Waals surface area contributed by atoms with Gasteiger partial charge in [-0.25, -0.2) is 0 Å². The molecular formula is C17H22N4O4. The summed E-state index contributed by atoms with van der Waals surface area (Å²) in [5.41, 5.74) is 0.955.